The van der Waals surface area contributed by atoms with Gasteiger partial charge in [0.25, 0.3) is 0 Å². The van der Waals surface area contributed by atoms with Crippen LogP contribution in [-0.4, -0.2) is 46.4 Å². The zero-order chi connectivity index (χ0) is 11.6. The van der Waals surface area contributed by atoms with Crippen molar-refractivity contribution < 1.29 is 10.2 Å². The van der Waals surface area contributed by atoms with Crippen LogP contribution in [0.5, 0.6) is 0 Å². The van der Waals surface area contributed by atoms with Crippen LogP contribution < -0.4 is 0 Å². The molecule has 2 N–H and O–H groups in total. The molecule has 0 unspecified atom stereocenters. The lowest BCUT2D eigenvalue weighted by atomic mass is 9.89. The van der Waals surface area contributed by atoms with E-state index in [-0.39, 0.29) is 18.6 Å². The van der Waals surface area contributed by atoms with Crippen LogP contribution in [0.2, 0.25) is 0 Å². The monoisotopic (exact) mass is 354 g/mol. The van der Waals surface area contributed by atoms with E-state index in [1.165, 1.54) is 2.88 Å². The highest BCUT2D eigenvalue weighted by Gasteiger charge is 2.37. The molecule has 1 aliphatic rings. The van der Waals surface area contributed by atoms with Crippen molar-refractivity contribution in [3.05, 3.63) is 14.1 Å². The quantitative estimate of drug-likeness (QED) is 0.790. The number of aromatic nitrogens is 1. The third-order valence-electron chi connectivity index (χ3n) is 3.07. The number of likely N-dealkylation sites (tertiary alicyclic amines) is 1. The number of aliphatic hydroxyl groups excluding tert-OH is 2. The summed E-state index contributed by atoms with van der Waals surface area (Å²) < 4.78 is 1.20. The minimum atomic E-state index is -0.301. The van der Waals surface area contributed by atoms with Crippen LogP contribution in [-0.2, 0) is 6.54 Å². The van der Waals surface area contributed by atoms with Gasteiger partial charge in [-0.1, -0.05) is 0 Å². The molecule has 16 heavy (non-hydrogen) atoms. The first-order valence-corrected chi connectivity index (χ1v) is 7.11. The highest BCUT2D eigenvalue weighted by atomic mass is 127. The van der Waals surface area contributed by atoms with Gasteiger partial charge in [-0.15, -0.1) is 11.3 Å². The molecule has 1 aliphatic heterocycles. The normalized spacial score (nSPS) is 20.4. The second-order valence-corrected chi connectivity index (χ2v) is 7.34. The number of hydrogen-bond donors (Lipinski definition) is 2. The van der Waals surface area contributed by atoms with Gasteiger partial charge in [-0.25, -0.2) is 4.98 Å². The Morgan fingerprint density at radius 3 is 2.75 bits per heavy atom. The summed E-state index contributed by atoms with van der Waals surface area (Å²) in [6.07, 6.45) is 2.74. The second kappa shape index (κ2) is 5.26. The van der Waals surface area contributed by atoms with E-state index in [1.54, 1.807) is 11.3 Å². The molecule has 1 aromatic rings. The van der Waals surface area contributed by atoms with E-state index < -0.39 is 0 Å². The molecule has 0 amide bonds. The molecule has 6 heteroatoms. The number of halogens is 1. The molecule has 2 rings (SSSR count). The zero-order valence-corrected chi connectivity index (χ0v) is 11.9. The summed E-state index contributed by atoms with van der Waals surface area (Å²) in [6, 6.07) is 0. The fourth-order valence-corrected chi connectivity index (χ4v) is 3.61. The summed E-state index contributed by atoms with van der Waals surface area (Å²) >= 11 is 3.97. The fraction of sp³-hybridized carbons (Fsp3) is 0.700. The van der Waals surface area contributed by atoms with Gasteiger partial charge >= 0.3 is 0 Å². The molecular formula is C10H15IN2O2S. The van der Waals surface area contributed by atoms with Crippen LogP contribution in [0.4, 0.5) is 0 Å². The minimum Gasteiger partial charge on any atom is -0.396 e. The molecule has 1 fully saturated rings. The van der Waals surface area contributed by atoms with Crippen molar-refractivity contribution in [2.45, 2.75) is 13.0 Å². The maximum atomic E-state index is 9.30. The highest BCUT2D eigenvalue weighted by Crippen LogP contribution is 2.30. The van der Waals surface area contributed by atoms with Gasteiger partial charge in [0.15, 0.2) is 0 Å². The average molecular weight is 354 g/mol. The van der Waals surface area contributed by atoms with Gasteiger partial charge < -0.3 is 10.2 Å². The average Bonchev–Trinajstić information content (AvgIpc) is 2.87. The molecule has 0 radical (unpaired) electrons. The Kier molecular flexibility index (Phi) is 4.17. The van der Waals surface area contributed by atoms with E-state index in [2.05, 4.69) is 32.5 Å². The maximum absolute atomic E-state index is 9.30. The van der Waals surface area contributed by atoms with E-state index in [4.69, 9.17) is 0 Å². The Morgan fingerprint density at radius 1 is 1.50 bits per heavy atom. The van der Waals surface area contributed by atoms with E-state index in [0.29, 0.717) is 0 Å². The van der Waals surface area contributed by atoms with E-state index in [9.17, 15) is 10.2 Å². The maximum Gasteiger partial charge on any atom is 0.108 e. The lowest BCUT2D eigenvalue weighted by Gasteiger charge is -2.24. The van der Waals surface area contributed by atoms with Gasteiger partial charge in [0.05, 0.1) is 28.8 Å². The summed E-state index contributed by atoms with van der Waals surface area (Å²) in [7, 11) is 0. The summed E-state index contributed by atoms with van der Waals surface area (Å²) in [5.41, 5.74) is -0.301. The predicted octanol–water partition coefficient (Wildman–Crippen LogP) is 0.924. The van der Waals surface area contributed by atoms with Crippen molar-refractivity contribution in [2.75, 3.05) is 26.3 Å². The molecule has 2 heterocycles. The lowest BCUT2D eigenvalue weighted by Crippen LogP contribution is -2.33. The van der Waals surface area contributed by atoms with Crippen LogP contribution in [0, 0.1) is 8.30 Å². The Labute approximate surface area is 112 Å². The molecular weight excluding hydrogens is 339 g/mol. The number of nitrogens with zero attached hydrogens (tertiary/aromatic N) is 2. The molecule has 1 aromatic heterocycles. The Morgan fingerprint density at radius 2 is 2.25 bits per heavy atom. The molecule has 0 aliphatic carbocycles. The Balaban J connectivity index is 1.94. The van der Waals surface area contributed by atoms with Crippen molar-refractivity contribution in [1.82, 2.24) is 9.88 Å². The van der Waals surface area contributed by atoms with Crippen LogP contribution in [0.25, 0.3) is 0 Å². The van der Waals surface area contributed by atoms with Crippen molar-refractivity contribution in [2.24, 2.45) is 5.41 Å². The summed E-state index contributed by atoms with van der Waals surface area (Å²) in [4.78, 5) is 6.57. The Bertz CT molecular complexity index is 354. The number of rotatable bonds is 4. The highest BCUT2D eigenvalue weighted by molar-refractivity contribution is 14.1. The first-order chi connectivity index (χ1) is 7.67. The van der Waals surface area contributed by atoms with Crippen LogP contribution in [0.3, 0.4) is 0 Å². The van der Waals surface area contributed by atoms with Crippen molar-refractivity contribution >= 4 is 33.9 Å². The molecule has 0 saturated carbocycles. The van der Waals surface area contributed by atoms with E-state index >= 15 is 0 Å². The van der Waals surface area contributed by atoms with Gasteiger partial charge in [0.2, 0.25) is 0 Å². The van der Waals surface area contributed by atoms with E-state index in [0.717, 1.165) is 31.1 Å². The first kappa shape index (κ1) is 12.7. The summed E-state index contributed by atoms with van der Waals surface area (Å²) in [5.74, 6) is 0. The van der Waals surface area contributed by atoms with E-state index in [1.807, 2.05) is 6.20 Å². The van der Waals surface area contributed by atoms with Crippen LogP contribution in [0.15, 0.2) is 6.20 Å². The molecule has 0 aromatic carbocycles. The fourth-order valence-electron chi connectivity index (χ4n) is 2.02. The van der Waals surface area contributed by atoms with Crippen LogP contribution in [0.1, 0.15) is 11.4 Å². The van der Waals surface area contributed by atoms with Crippen LogP contribution >= 0.6 is 33.9 Å². The lowest BCUT2D eigenvalue weighted by molar-refractivity contribution is 0.0606. The van der Waals surface area contributed by atoms with Crippen molar-refractivity contribution in [3.8, 4) is 0 Å². The van der Waals surface area contributed by atoms with Gasteiger partial charge in [-0.05, 0) is 35.6 Å². The molecule has 0 spiro atoms. The topological polar surface area (TPSA) is 56.6 Å². The molecule has 0 bridgehead atoms. The summed E-state index contributed by atoms with van der Waals surface area (Å²) in [6.45, 7) is 2.65. The number of aliphatic hydroxyl groups is 2. The summed E-state index contributed by atoms with van der Waals surface area (Å²) in [5, 5.41) is 19.7. The van der Waals surface area contributed by atoms with Crippen molar-refractivity contribution in [3.63, 3.8) is 0 Å². The number of hydrogen-bond acceptors (Lipinski definition) is 5. The predicted molar refractivity (Wildman–Crippen MR) is 71.3 cm³/mol. The third kappa shape index (κ3) is 2.73. The largest absolute Gasteiger partial charge is 0.396 e. The smallest absolute Gasteiger partial charge is 0.108 e. The molecule has 90 valence electrons. The Hall–Kier alpha value is 0.240. The van der Waals surface area contributed by atoms with Crippen molar-refractivity contribution in [1.29, 1.82) is 0 Å². The molecule has 1 saturated heterocycles. The zero-order valence-electron chi connectivity index (χ0n) is 8.90. The number of thiazole rings is 1. The molecule has 0 atom stereocenters. The second-order valence-electron chi connectivity index (χ2n) is 4.33. The molecule has 4 nitrogen and oxygen atoms in total. The standard InChI is InChI=1S/C10H15IN2O2S/c11-8-3-12-9(16-8)4-13-2-1-10(5-13,6-14)7-15/h3,14-15H,1-2,4-7H2. The van der Waals surface area contributed by atoms with Gasteiger partial charge in [0.1, 0.15) is 5.01 Å². The van der Waals surface area contributed by atoms with Gasteiger partial charge in [-0.2, -0.15) is 0 Å². The van der Waals surface area contributed by atoms with Gasteiger partial charge in [-0.3, -0.25) is 4.90 Å². The minimum absolute atomic E-state index is 0.0649. The third-order valence-corrected chi connectivity index (χ3v) is 4.78. The van der Waals surface area contributed by atoms with Gasteiger partial charge in [0, 0.05) is 12.0 Å². The SMILES string of the molecule is OCC1(CO)CCN(Cc2ncc(I)s2)C1. The first-order valence-electron chi connectivity index (χ1n) is 5.22.